The fourth-order valence-corrected chi connectivity index (χ4v) is 3.01. The average molecular weight is 357 g/mol. The average Bonchev–Trinajstić information content (AvgIpc) is 2.44. The van der Waals surface area contributed by atoms with E-state index in [9.17, 15) is 5.11 Å². The van der Waals surface area contributed by atoms with Gasteiger partial charge in [0.2, 0.25) is 0 Å². The van der Waals surface area contributed by atoms with Crippen molar-refractivity contribution in [1.29, 1.82) is 0 Å². The maximum absolute atomic E-state index is 9.24. The number of morpholine rings is 1. The first-order valence-electron chi connectivity index (χ1n) is 7.40. The van der Waals surface area contributed by atoms with Crippen LogP contribution >= 0.6 is 15.9 Å². The molecule has 1 heterocycles. The number of aliphatic hydroxyl groups excluding tert-OH is 1. The van der Waals surface area contributed by atoms with E-state index in [1.165, 1.54) is 5.56 Å². The lowest BCUT2D eigenvalue weighted by molar-refractivity contribution is 0.00353. The molecule has 1 fully saturated rings. The Morgan fingerprint density at radius 1 is 1.43 bits per heavy atom. The molecule has 1 unspecified atom stereocenters. The third-order valence-corrected chi connectivity index (χ3v) is 4.15. The number of ether oxygens (including phenoxy) is 1. The van der Waals surface area contributed by atoms with Gasteiger partial charge in [-0.15, -0.1) is 0 Å². The third-order valence-electron chi connectivity index (χ3n) is 3.52. The van der Waals surface area contributed by atoms with Gasteiger partial charge in [0.05, 0.1) is 25.0 Å². The molecular weight excluding hydrogens is 332 g/mol. The molecule has 0 aliphatic carbocycles. The molecule has 118 valence electrons. The molecule has 0 saturated carbocycles. The van der Waals surface area contributed by atoms with Gasteiger partial charge < -0.3 is 20.1 Å². The van der Waals surface area contributed by atoms with Crippen molar-refractivity contribution >= 4 is 21.6 Å². The van der Waals surface area contributed by atoms with E-state index >= 15 is 0 Å². The van der Waals surface area contributed by atoms with Gasteiger partial charge in [-0.3, -0.25) is 0 Å². The number of hydrogen-bond donors (Lipinski definition) is 2. The quantitative estimate of drug-likeness (QED) is 0.869. The molecule has 0 bridgehead atoms. The SMILES string of the molecule is CC(C)(C)NCc1ccc(N2CCOC(CO)C2)c(Br)c1. The first-order valence-corrected chi connectivity index (χ1v) is 8.19. The van der Waals surface area contributed by atoms with Gasteiger partial charge in [0.25, 0.3) is 0 Å². The fraction of sp³-hybridized carbons (Fsp3) is 0.625. The largest absolute Gasteiger partial charge is 0.394 e. The molecule has 4 nitrogen and oxygen atoms in total. The van der Waals surface area contributed by atoms with Gasteiger partial charge in [-0.1, -0.05) is 6.07 Å². The van der Waals surface area contributed by atoms with Crippen LogP contribution in [0.5, 0.6) is 0 Å². The smallest absolute Gasteiger partial charge is 0.0980 e. The van der Waals surface area contributed by atoms with Crippen LogP contribution in [-0.4, -0.2) is 43.1 Å². The Morgan fingerprint density at radius 3 is 2.81 bits per heavy atom. The van der Waals surface area contributed by atoms with E-state index in [4.69, 9.17) is 4.74 Å². The first-order chi connectivity index (χ1) is 9.89. The molecule has 1 aliphatic heterocycles. The van der Waals surface area contributed by atoms with Crippen molar-refractivity contribution in [2.24, 2.45) is 0 Å². The molecular formula is C16H25BrN2O2. The van der Waals surface area contributed by atoms with Crippen LogP contribution in [0, 0.1) is 0 Å². The van der Waals surface area contributed by atoms with Crippen LogP contribution in [0.3, 0.4) is 0 Å². The second-order valence-electron chi connectivity index (χ2n) is 6.51. The number of nitrogens with zero attached hydrogens (tertiary/aromatic N) is 1. The van der Waals surface area contributed by atoms with E-state index in [0.29, 0.717) is 6.61 Å². The summed E-state index contributed by atoms with van der Waals surface area (Å²) < 4.78 is 6.59. The molecule has 1 aromatic carbocycles. The molecule has 21 heavy (non-hydrogen) atoms. The van der Waals surface area contributed by atoms with Gasteiger partial charge >= 0.3 is 0 Å². The lowest BCUT2D eigenvalue weighted by atomic mass is 10.1. The first kappa shape index (κ1) is 16.7. The number of nitrogens with one attached hydrogen (secondary N) is 1. The van der Waals surface area contributed by atoms with Gasteiger partial charge in [-0.2, -0.15) is 0 Å². The molecule has 1 saturated heterocycles. The van der Waals surface area contributed by atoms with Gasteiger partial charge in [-0.25, -0.2) is 0 Å². The molecule has 5 heteroatoms. The number of benzene rings is 1. The van der Waals surface area contributed by atoms with Crippen LogP contribution in [0.1, 0.15) is 26.3 Å². The molecule has 1 atom stereocenters. The highest BCUT2D eigenvalue weighted by molar-refractivity contribution is 9.10. The zero-order chi connectivity index (χ0) is 15.5. The van der Waals surface area contributed by atoms with Gasteiger partial charge in [0, 0.05) is 29.6 Å². The van der Waals surface area contributed by atoms with Crippen LogP contribution in [0.25, 0.3) is 0 Å². The monoisotopic (exact) mass is 356 g/mol. The van der Waals surface area contributed by atoms with Crippen LogP contribution < -0.4 is 10.2 Å². The van der Waals surface area contributed by atoms with E-state index in [1.54, 1.807) is 0 Å². The lowest BCUT2D eigenvalue weighted by Crippen LogP contribution is -2.44. The van der Waals surface area contributed by atoms with Crippen LogP contribution in [0.2, 0.25) is 0 Å². The summed E-state index contributed by atoms with van der Waals surface area (Å²) in [6.45, 7) is 9.67. The minimum Gasteiger partial charge on any atom is -0.394 e. The van der Waals surface area contributed by atoms with Crippen molar-refractivity contribution < 1.29 is 9.84 Å². The number of hydrogen-bond acceptors (Lipinski definition) is 4. The van der Waals surface area contributed by atoms with Crippen LogP contribution in [-0.2, 0) is 11.3 Å². The summed E-state index contributed by atoms with van der Waals surface area (Å²) in [6.07, 6.45) is -0.0899. The van der Waals surface area contributed by atoms with Crippen molar-refractivity contribution in [3.63, 3.8) is 0 Å². The summed E-state index contributed by atoms with van der Waals surface area (Å²) >= 11 is 3.67. The molecule has 0 amide bonds. The Morgan fingerprint density at radius 2 is 2.19 bits per heavy atom. The standard InChI is InChI=1S/C16H25BrN2O2/c1-16(2,3)18-9-12-4-5-15(14(17)8-12)19-6-7-21-13(10-19)11-20/h4-5,8,13,18,20H,6-7,9-11H2,1-3H3. The van der Waals surface area contributed by atoms with Gasteiger partial charge in [-0.05, 0) is 54.4 Å². The number of aliphatic hydroxyl groups is 1. The van der Waals surface area contributed by atoms with Crippen LogP contribution in [0.15, 0.2) is 22.7 Å². The molecule has 0 radical (unpaired) electrons. The Hall–Kier alpha value is -0.620. The summed E-state index contributed by atoms with van der Waals surface area (Å²) in [5.74, 6) is 0. The Kier molecular flexibility index (Phi) is 5.66. The summed E-state index contributed by atoms with van der Waals surface area (Å²) in [5, 5.41) is 12.7. The molecule has 0 spiro atoms. The van der Waals surface area contributed by atoms with E-state index < -0.39 is 0 Å². The number of halogens is 1. The minimum absolute atomic E-state index is 0.0711. The fourth-order valence-electron chi connectivity index (χ4n) is 2.33. The third kappa shape index (κ3) is 4.95. The number of rotatable bonds is 4. The zero-order valence-corrected chi connectivity index (χ0v) is 14.6. The van der Waals surface area contributed by atoms with E-state index in [2.05, 4.69) is 65.1 Å². The van der Waals surface area contributed by atoms with Gasteiger partial charge in [0.15, 0.2) is 0 Å². The van der Waals surface area contributed by atoms with Crippen molar-refractivity contribution in [3.8, 4) is 0 Å². The summed E-state index contributed by atoms with van der Waals surface area (Å²) in [5.41, 5.74) is 2.53. The Labute approximate surface area is 135 Å². The van der Waals surface area contributed by atoms with Gasteiger partial charge in [0.1, 0.15) is 0 Å². The van der Waals surface area contributed by atoms with E-state index in [-0.39, 0.29) is 18.2 Å². The summed E-state index contributed by atoms with van der Waals surface area (Å²) in [6, 6.07) is 6.46. The second-order valence-corrected chi connectivity index (χ2v) is 7.37. The minimum atomic E-state index is -0.0899. The second kappa shape index (κ2) is 7.09. The Bertz CT molecular complexity index is 474. The highest BCUT2D eigenvalue weighted by Gasteiger charge is 2.21. The van der Waals surface area contributed by atoms with E-state index in [1.807, 2.05) is 0 Å². The maximum Gasteiger partial charge on any atom is 0.0980 e. The molecule has 2 N–H and O–H groups in total. The lowest BCUT2D eigenvalue weighted by Gasteiger charge is -2.34. The predicted molar refractivity (Wildman–Crippen MR) is 89.8 cm³/mol. The van der Waals surface area contributed by atoms with E-state index in [0.717, 1.165) is 29.8 Å². The van der Waals surface area contributed by atoms with Crippen molar-refractivity contribution in [3.05, 3.63) is 28.2 Å². The van der Waals surface area contributed by atoms with Crippen molar-refractivity contribution in [2.75, 3.05) is 31.2 Å². The predicted octanol–water partition coefficient (Wildman–Crippen LogP) is 2.53. The molecule has 1 aromatic rings. The topological polar surface area (TPSA) is 44.7 Å². The highest BCUT2D eigenvalue weighted by atomic mass is 79.9. The van der Waals surface area contributed by atoms with Crippen LogP contribution in [0.4, 0.5) is 5.69 Å². The zero-order valence-electron chi connectivity index (χ0n) is 13.0. The molecule has 2 rings (SSSR count). The Balaban J connectivity index is 2.05. The van der Waals surface area contributed by atoms with Crippen molar-refractivity contribution in [1.82, 2.24) is 5.32 Å². The normalized spacial score (nSPS) is 19.9. The maximum atomic E-state index is 9.24. The molecule has 0 aromatic heterocycles. The number of anilines is 1. The summed E-state index contributed by atoms with van der Waals surface area (Å²) in [4.78, 5) is 2.26. The van der Waals surface area contributed by atoms with Crippen molar-refractivity contribution in [2.45, 2.75) is 39.0 Å². The highest BCUT2D eigenvalue weighted by Crippen LogP contribution is 2.29. The molecule has 1 aliphatic rings. The summed E-state index contributed by atoms with van der Waals surface area (Å²) in [7, 11) is 0.